The van der Waals surface area contributed by atoms with E-state index < -0.39 is 24.5 Å². The summed E-state index contributed by atoms with van der Waals surface area (Å²) >= 11 is 0. The Morgan fingerprint density at radius 3 is 2.50 bits per heavy atom. The molecule has 0 aliphatic carbocycles. The third-order valence-corrected chi connectivity index (χ3v) is 2.30. The van der Waals surface area contributed by atoms with E-state index >= 15 is 0 Å². The maximum atomic E-state index is 13.4. The molecule has 102 valence electrons. The van der Waals surface area contributed by atoms with Crippen LogP contribution in [0.3, 0.4) is 0 Å². The zero-order chi connectivity index (χ0) is 13.8. The lowest BCUT2D eigenvalue weighted by atomic mass is 10.1. The van der Waals surface area contributed by atoms with Crippen molar-refractivity contribution in [1.82, 2.24) is 0 Å². The number of hydrogen-bond acceptors (Lipinski definition) is 2. The number of hydrogen-bond donors (Lipinski definition) is 1. The Hall–Kier alpha value is -1.30. The molecule has 1 N–H and O–H groups in total. The van der Waals surface area contributed by atoms with Gasteiger partial charge in [0.15, 0.2) is 11.6 Å². The fourth-order valence-electron chi connectivity index (χ4n) is 1.35. The molecule has 0 spiro atoms. The Morgan fingerprint density at radius 2 is 2.00 bits per heavy atom. The van der Waals surface area contributed by atoms with Gasteiger partial charge >= 0.3 is 6.18 Å². The molecule has 0 fully saturated rings. The highest BCUT2D eigenvalue weighted by Gasteiger charge is 2.26. The van der Waals surface area contributed by atoms with Crippen LogP contribution in [0.15, 0.2) is 18.2 Å². The topological polar surface area (TPSA) is 29.5 Å². The molecule has 0 heterocycles. The molecule has 0 aromatic heterocycles. The fraction of sp³-hybridized carbons (Fsp3) is 0.500. The van der Waals surface area contributed by atoms with Gasteiger partial charge in [-0.2, -0.15) is 13.2 Å². The first-order valence-electron chi connectivity index (χ1n) is 5.46. The molecule has 6 heteroatoms. The van der Waals surface area contributed by atoms with E-state index in [2.05, 4.69) is 0 Å². The summed E-state index contributed by atoms with van der Waals surface area (Å²) in [6.07, 6.45) is -6.21. The van der Waals surface area contributed by atoms with E-state index in [1.807, 2.05) is 0 Å². The summed E-state index contributed by atoms with van der Waals surface area (Å²) in [5, 5.41) is 9.21. The summed E-state index contributed by atoms with van der Waals surface area (Å²) in [6.45, 7) is 1.28. The summed E-state index contributed by atoms with van der Waals surface area (Å²) in [7, 11) is 0. The monoisotopic (exact) mass is 266 g/mol. The first-order chi connectivity index (χ1) is 8.29. The minimum absolute atomic E-state index is 0.110. The molecule has 1 aromatic carbocycles. The Kier molecular flexibility index (Phi) is 4.95. The van der Waals surface area contributed by atoms with E-state index in [9.17, 15) is 22.7 Å². The predicted octanol–water partition coefficient (Wildman–Crippen LogP) is 3.60. The first kappa shape index (κ1) is 14.8. The van der Waals surface area contributed by atoms with Crippen molar-refractivity contribution in [2.24, 2.45) is 0 Å². The number of aliphatic hydroxyl groups excluding tert-OH is 1. The maximum Gasteiger partial charge on any atom is 0.389 e. The number of rotatable bonds is 5. The van der Waals surface area contributed by atoms with E-state index in [-0.39, 0.29) is 18.8 Å². The van der Waals surface area contributed by atoms with Crippen LogP contribution in [0, 0.1) is 5.82 Å². The van der Waals surface area contributed by atoms with Crippen molar-refractivity contribution < 1.29 is 27.4 Å². The van der Waals surface area contributed by atoms with Crippen LogP contribution in [-0.4, -0.2) is 17.9 Å². The Balaban J connectivity index is 2.48. The van der Waals surface area contributed by atoms with Gasteiger partial charge in [-0.3, -0.25) is 0 Å². The van der Waals surface area contributed by atoms with Crippen LogP contribution in [0.25, 0.3) is 0 Å². The van der Waals surface area contributed by atoms with E-state index in [0.717, 1.165) is 6.07 Å². The first-order valence-corrected chi connectivity index (χ1v) is 5.46. The summed E-state index contributed by atoms with van der Waals surface area (Å²) in [5.74, 6) is -0.804. The van der Waals surface area contributed by atoms with Gasteiger partial charge in [0, 0.05) is 6.42 Å². The molecule has 1 aromatic rings. The second kappa shape index (κ2) is 6.04. The molecule has 2 nitrogen and oxygen atoms in total. The normalized spacial score (nSPS) is 13.4. The summed E-state index contributed by atoms with van der Waals surface area (Å²) in [6, 6.07) is 3.86. The zero-order valence-electron chi connectivity index (χ0n) is 9.80. The van der Waals surface area contributed by atoms with Gasteiger partial charge in [-0.15, -0.1) is 0 Å². The zero-order valence-corrected chi connectivity index (χ0v) is 9.80. The number of alkyl halides is 3. The molecule has 0 bridgehead atoms. The molecule has 0 radical (unpaired) electrons. The van der Waals surface area contributed by atoms with Crippen molar-refractivity contribution in [2.75, 3.05) is 6.61 Å². The Bertz CT molecular complexity index is 388. The fourth-order valence-corrected chi connectivity index (χ4v) is 1.35. The molecule has 0 amide bonds. The van der Waals surface area contributed by atoms with Crippen molar-refractivity contribution in [2.45, 2.75) is 32.0 Å². The van der Waals surface area contributed by atoms with E-state index in [0.29, 0.717) is 5.56 Å². The van der Waals surface area contributed by atoms with Gasteiger partial charge in [0.1, 0.15) is 0 Å². The van der Waals surface area contributed by atoms with E-state index in [4.69, 9.17) is 4.74 Å². The van der Waals surface area contributed by atoms with Gasteiger partial charge in [0.2, 0.25) is 0 Å². The number of ether oxygens (including phenoxy) is 1. The second-order valence-electron chi connectivity index (χ2n) is 3.93. The highest BCUT2D eigenvalue weighted by Crippen LogP contribution is 2.24. The molecule has 0 saturated heterocycles. The van der Waals surface area contributed by atoms with Gasteiger partial charge in [0.05, 0.1) is 12.7 Å². The summed E-state index contributed by atoms with van der Waals surface area (Å²) in [4.78, 5) is 0. The number of aliphatic hydroxyl groups is 1. The van der Waals surface area contributed by atoms with Crippen molar-refractivity contribution in [3.63, 3.8) is 0 Å². The van der Waals surface area contributed by atoms with Crippen LogP contribution in [0.5, 0.6) is 5.75 Å². The third kappa shape index (κ3) is 4.91. The van der Waals surface area contributed by atoms with Gasteiger partial charge in [0.25, 0.3) is 0 Å². The lowest BCUT2D eigenvalue weighted by Gasteiger charge is -2.10. The van der Waals surface area contributed by atoms with Gasteiger partial charge < -0.3 is 9.84 Å². The molecule has 1 atom stereocenters. The summed E-state index contributed by atoms with van der Waals surface area (Å²) in [5.41, 5.74) is 0.384. The quantitative estimate of drug-likeness (QED) is 0.651. The molecule has 1 rings (SSSR count). The minimum atomic E-state index is -4.22. The number of benzene rings is 1. The van der Waals surface area contributed by atoms with Crippen LogP contribution >= 0.6 is 0 Å². The lowest BCUT2D eigenvalue weighted by molar-refractivity contribution is -0.136. The van der Waals surface area contributed by atoms with Crippen molar-refractivity contribution in [3.05, 3.63) is 29.6 Å². The molecule has 0 aliphatic heterocycles. The lowest BCUT2D eigenvalue weighted by Crippen LogP contribution is -2.10. The van der Waals surface area contributed by atoms with Crippen molar-refractivity contribution >= 4 is 0 Å². The SMILES string of the molecule is CC(O)c1ccc(OCCCC(F)(F)F)c(F)c1. The van der Waals surface area contributed by atoms with Crippen LogP contribution in [0.1, 0.15) is 31.4 Å². The van der Waals surface area contributed by atoms with E-state index in [1.54, 1.807) is 0 Å². The average Bonchev–Trinajstić information content (AvgIpc) is 2.24. The largest absolute Gasteiger partial charge is 0.491 e. The highest BCUT2D eigenvalue weighted by atomic mass is 19.4. The molecular weight excluding hydrogens is 252 g/mol. The molecule has 0 aliphatic rings. The Labute approximate surface area is 102 Å². The molecular formula is C12H14F4O2. The van der Waals surface area contributed by atoms with Crippen LogP contribution in [0.2, 0.25) is 0 Å². The summed E-state index contributed by atoms with van der Waals surface area (Å²) < 4.78 is 53.9. The molecule has 18 heavy (non-hydrogen) atoms. The van der Waals surface area contributed by atoms with Crippen LogP contribution in [0.4, 0.5) is 17.6 Å². The van der Waals surface area contributed by atoms with Gasteiger partial charge in [-0.05, 0) is 31.0 Å². The maximum absolute atomic E-state index is 13.4. The minimum Gasteiger partial charge on any atom is -0.491 e. The standard InChI is InChI=1S/C12H14F4O2/c1-8(17)9-3-4-11(10(13)7-9)18-6-2-5-12(14,15)16/h3-4,7-8,17H,2,5-6H2,1H3. The van der Waals surface area contributed by atoms with Crippen molar-refractivity contribution in [3.8, 4) is 5.75 Å². The Morgan fingerprint density at radius 1 is 1.33 bits per heavy atom. The smallest absolute Gasteiger partial charge is 0.389 e. The third-order valence-electron chi connectivity index (χ3n) is 2.30. The van der Waals surface area contributed by atoms with Crippen LogP contribution < -0.4 is 4.74 Å². The second-order valence-corrected chi connectivity index (χ2v) is 3.93. The molecule has 1 unspecified atom stereocenters. The van der Waals surface area contributed by atoms with Gasteiger partial charge in [-0.1, -0.05) is 6.07 Å². The molecule has 0 saturated carbocycles. The van der Waals surface area contributed by atoms with E-state index in [1.165, 1.54) is 19.1 Å². The average molecular weight is 266 g/mol. The van der Waals surface area contributed by atoms with Crippen molar-refractivity contribution in [1.29, 1.82) is 0 Å². The number of halogens is 4. The van der Waals surface area contributed by atoms with Crippen LogP contribution in [-0.2, 0) is 0 Å². The van der Waals surface area contributed by atoms with Gasteiger partial charge in [-0.25, -0.2) is 4.39 Å². The highest BCUT2D eigenvalue weighted by molar-refractivity contribution is 5.30. The predicted molar refractivity (Wildman–Crippen MR) is 57.8 cm³/mol.